The van der Waals surface area contributed by atoms with Crippen LogP contribution in [0.5, 0.6) is 0 Å². The molecule has 0 radical (unpaired) electrons. The molecule has 0 aliphatic heterocycles. The summed E-state index contributed by atoms with van der Waals surface area (Å²) in [6.07, 6.45) is 2.28. The fraction of sp³-hybridized carbons (Fsp3) is 0. The van der Waals surface area contributed by atoms with Crippen LogP contribution in [0.15, 0.2) is 24.3 Å². The van der Waals surface area contributed by atoms with Crippen molar-refractivity contribution in [2.75, 3.05) is 5.43 Å². The summed E-state index contributed by atoms with van der Waals surface area (Å²) in [5.41, 5.74) is 3.12. The molecule has 4 N–H and O–H groups in total. The summed E-state index contributed by atoms with van der Waals surface area (Å²) in [7, 11) is 0. The number of rotatable bonds is 3. The van der Waals surface area contributed by atoms with Crippen molar-refractivity contribution in [1.82, 2.24) is 0 Å². The monoisotopic (exact) mass is 196 g/mol. The summed E-state index contributed by atoms with van der Waals surface area (Å²) >= 11 is 0. The standard InChI is InChI=1S/C9H9FN2O2/c10-7-3-1-6(2-4-9(13)14)8(5-7)12-11/h1-5,12H,11H2,(H,13,14)/b4-2+. The molecular weight excluding hydrogens is 187 g/mol. The first kappa shape index (κ1) is 10.2. The molecule has 0 heterocycles. The van der Waals surface area contributed by atoms with Crippen LogP contribution in [-0.4, -0.2) is 11.1 Å². The number of nitrogens with two attached hydrogens (primary N) is 1. The quantitative estimate of drug-likeness (QED) is 0.386. The zero-order valence-corrected chi connectivity index (χ0v) is 7.20. The number of aliphatic carboxylic acids is 1. The van der Waals surface area contributed by atoms with E-state index in [-0.39, 0.29) is 0 Å². The van der Waals surface area contributed by atoms with Crippen LogP contribution in [0.3, 0.4) is 0 Å². The van der Waals surface area contributed by atoms with E-state index >= 15 is 0 Å². The zero-order valence-electron chi connectivity index (χ0n) is 7.20. The lowest BCUT2D eigenvalue weighted by atomic mass is 10.1. The predicted molar refractivity (Wildman–Crippen MR) is 50.9 cm³/mol. The van der Waals surface area contributed by atoms with Gasteiger partial charge in [-0.05, 0) is 29.8 Å². The number of hydrogen-bond donors (Lipinski definition) is 3. The summed E-state index contributed by atoms with van der Waals surface area (Å²) in [5.74, 6) is 3.62. The Balaban J connectivity index is 3.02. The maximum atomic E-state index is 12.7. The maximum absolute atomic E-state index is 12.7. The highest BCUT2D eigenvalue weighted by molar-refractivity contribution is 5.86. The zero-order chi connectivity index (χ0) is 10.6. The molecule has 0 saturated heterocycles. The van der Waals surface area contributed by atoms with E-state index in [9.17, 15) is 9.18 Å². The van der Waals surface area contributed by atoms with Gasteiger partial charge in [0.25, 0.3) is 0 Å². The van der Waals surface area contributed by atoms with Crippen molar-refractivity contribution in [3.8, 4) is 0 Å². The fourth-order valence-electron chi connectivity index (χ4n) is 0.960. The SMILES string of the molecule is NNc1cc(F)ccc1/C=C/C(=O)O. The minimum Gasteiger partial charge on any atom is -0.478 e. The molecule has 14 heavy (non-hydrogen) atoms. The van der Waals surface area contributed by atoms with Crippen molar-refractivity contribution in [2.24, 2.45) is 5.84 Å². The number of carbonyl (C=O) groups is 1. The molecule has 1 aromatic carbocycles. The number of hydrazine groups is 1. The smallest absolute Gasteiger partial charge is 0.328 e. The van der Waals surface area contributed by atoms with Crippen LogP contribution in [-0.2, 0) is 4.79 Å². The van der Waals surface area contributed by atoms with Crippen LogP contribution in [0.25, 0.3) is 6.08 Å². The average Bonchev–Trinajstić information content (AvgIpc) is 2.15. The Morgan fingerprint density at radius 3 is 2.86 bits per heavy atom. The first-order valence-corrected chi connectivity index (χ1v) is 3.80. The number of carboxylic acids is 1. The Morgan fingerprint density at radius 1 is 1.57 bits per heavy atom. The highest BCUT2D eigenvalue weighted by Crippen LogP contribution is 2.17. The summed E-state index contributed by atoms with van der Waals surface area (Å²) in [6, 6.07) is 3.84. The number of anilines is 1. The van der Waals surface area contributed by atoms with E-state index in [1.807, 2.05) is 0 Å². The molecule has 0 saturated carbocycles. The number of benzene rings is 1. The third-order valence-electron chi connectivity index (χ3n) is 1.58. The van der Waals surface area contributed by atoms with Gasteiger partial charge in [-0.1, -0.05) is 0 Å². The van der Waals surface area contributed by atoms with Crippen molar-refractivity contribution in [1.29, 1.82) is 0 Å². The summed E-state index contributed by atoms with van der Waals surface area (Å²) < 4.78 is 12.7. The van der Waals surface area contributed by atoms with Gasteiger partial charge >= 0.3 is 5.97 Å². The molecule has 0 aromatic heterocycles. The Morgan fingerprint density at radius 2 is 2.29 bits per heavy atom. The van der Waals surface area contributed by atoms with Crippen LogP contribution in [0.4, 0.5) is 10.1 Å². The molecule has 0 spiro atoms. The lowest BCUT2D eigenvalue weighted by Gasteiger charge is -2.03. The van der Waals surface area contributed by atoms with Crippen molar-refractivity contribution in [2.45, 2.75) is 0 Å². The largest absolute Gasteiger partial charge is 0.478 e. The van der Waals surface area contributed by atoms with E-state index in [2.05, 4.69) is 5.43 Å². The van der Waals surface area contributed by atoms with Gasteiger partial charge in [0, 0.05) is 6.08 Å². The maximum Gasteiger partial charge on any atom is 0.328 e. The Hall–Kier alpha value is -1.88. The second kappa shape index (κ2) is 4.38. The second-order valence-corrected chi connectivity index (χ2v) is 2.55. The molecule has 1 aromatic rings. The molecule has 0 bridgehead atoms. The molecule has 4 nitrogen and oxygen atoms in total. The van der Waals surface area contributed by atoms with Crippen LogP contribution in [0.2, 0.25) is 0 Å². The van der Waals surface area contributed by atoms with Gasteiger partial charge in [0.05, 0.1) is 5.69 Å². The van der Waals surface area contributed by atoms with Gasteiger partial charge in [-0.15, -0.1) is 0 Å². The topological polar surface area (TPSA) is 75.3 Å². The Labute approximate surface area is 79.8 Å². The Kier molecular flexibility index (Phi) is 3.19. The number of nitrogens with one attached hydrogen (secondary N) is 1. The van der Waals surface area contributed by atoms with Crippen LogP contribution in [0, 0.1) is 5.82 Å². The molecule has 5 heteroatoms. The van der Waals surface area contributed by atoms with Crippen molar-refractivity contribution < 1.29 is 14.3 Å². The van der Waals surface area contributed by atoms with E-state index in [1.54, 1.807) is 0 Å². The van der Waals surface area contributed by atoms with Gasteiger partial charge in [-0.3, -0.25) is 5.84 Å². The van der Waals surface area contributed by atoms with Gasteiger partial charge in [0.1, 0.15) is 5.82 Å². The minimum absolute atomic E-state index is 0.336. The van der Waals surface area contributed by atoms with Crippen molar-refractivity contribution >= 4 is 17.7 Å². The van der Waals surface area contributed by atoms with Crippen molar-refractivity contribution in [3.63, 3.8) is 0 Å². The summed E-state index contributed by atoms with van der Waals surface area (Å²) in [5, 5.41) is 8.38. The first-order chi connectivity index (χ1) is 6.63. The summed E-state index contributed by atoms with van der Waals surface area (Å²) in [4.78, 5) is 10.2. The fourth-order valence-corrected chi connectivity index (χ4v) is 0.960. The Bertz CT molecular complexity index is 377. The van der Waals surface area contributed by atoms with E-state index in [1.165, 1.54) is 24.3 Å². The molecule has 0 unspecified atom stereocenters. The van der Waals surface area contributed by atoms with E-state index in [0.29, 0.717) is 11.3 Å². The number of carboxylic acid groups (broad SMARTS) is 1. The van der Waals surface area contributed by atoms with Crippen LogP contribution < -0.4 is 11.3 Å². The number of nitrogen functional groups attached to an aromatic ring is 1. The third kappa shape index (κ3) is 2.56. The molecule has 0 aliphatic rings. The third-order valence-corrected chi connectivity index (χ3v) is 1.58. The minimum atomic E-state index is -1.07. The lowest BCUT2D eigenvalue weighted by Crippen LogP contribution is -2.08. The lowest BCUT2D eigenvalue weighted by molar-refractivity contribution is -0.131. The van der Waals surface area contributed by atoms with E-state index in [4.69, 9.17) is 10.9 Å². The van der Waals surface area contributed by atoms with Gasteiger partial charge in [0.15, 0.2) is 0 Å². The molecule has 0 fully saturated rings. The van der Waals surface area contributed by atoms with Gasteiger partial charge in [-0.2, -0.15) is 0 Å². The molecule has 0 amide bonds. The average molecular weight is 196 g/mol. The van der Waals surface area contributed by atoms with Gasteiger partial charge in [0.2, 0.25) is 0 Å². The van der Waals surface area contributed by atoms with Crippen LogP contribution >= 0.6 is 0 Å². The normalized spacial score (nSPS) is 10.4. The molecule has 74 valence electrons. The van der Waals surface area contributed by atoms with Gasteiger partial charge in [-0.25, -0.2) is 9.18 Å². The highest BCUT2D eigenvalue weighted by atomic mass is 19.1. The second-order valence-electron chi connectivity index (χ2n) is 2.55. The highest BCUT2D eigenvalue weighted by Gasteiger charge is 1.99. The van der Waals surface area contributed by atoms with E-state index in [0.717, 1.165) is 6.08 Å². The predicted octanol–water partition coefficient (Wildman–Crippen LogP) is 1.21. The molecular formula is C9H9FN2O2. The number of halogens is 1. The first-order valence-electron chi connectivity index (χ1n) is 3.80. The van der Waals surface area contributed by atoms with Crippen LogP contribution in [0.1, 0.15) is 5.56 Å². The van der Waals surface area contributed by atoms with Crippen molar-refractivity contribution in [3.05, 3.63) is 35.7 Å². The number of hydrogen-bond acceptors (Lipinski definition) is 3. The molecule has 1 rings (SSSR count). The molecule has 0 atom stereocenters. The molecule has 0 aliphatic carbocycles. The van der Waals surface area contributed by atoms with E-state index < -0.39 is 11.8 Å². The van der Waals surface area contributed by atoms with Gasteiger partial charge < -0.3 is 10.5 Å². The summed E-state index contributed by atoms with van der Waals surface area (Å²) in [6.45, 7) is 0.